The van der Waals surface area contributed by atoms with E-state index < -0.39 is 0 Å². The van der Waals surface area contributed by atoms with Gasteiger partial charge in [-0.1, -0.05) is 31.2 Å². The summed E-state index contributed by atoms with van der Waals surface area (Å²) in [6.07, 6.45) is 2.87. The van der Waals surface area contributed by atoms with Crippen LogP contribution in [0.25, 0.3) is 0 Å². The predicted octanol–water partition coefficient (Wildman–Crippen LogP) is 4.00. The molecule has 1 aromatic carbocycles. The molecule has 0 saturated heterocycles. The van der Waals surface area contributed by atoms with Crippen LogP contribution in [0, 0.1) is 0 Å². The van der Waals surface area contributed by atoms with Crippen LogP contribution >= 0.6 is 0 Å². The van der Waals surface area contributed by atoms with Crippen molar-refractivity contribution in [2.24, 2.45) is 0 Å². The third-order valence-corrected chi connectivity index (χ3v) is 3.22. The molecule has 0 radical (unpaired) electrons. The van der Waals surface area contributed by atoms with E-state index in [2.05, 4.69) is 53.4 Å². The van der Waals surface area contributed by atoms with Gasteiger partial charge in [-0.3, -0.25) is 0 Å². The first kappa shape index (κ1) is 15.3. The maximum atomic E-state index is 5.58. The largest absolute Gasteiger partial charge is 0.475 e. The summed E-state index contributed by atoms with van der Waals surface area (Å²) in [4.78, 5) is 8.61. The lowest BCUT2D eigenvalue weighted by molar-refractivity contribution is 0.232. The van der Waals surface area contributed by atoms with Gasteiger partial charge < -0.3 is 10.1 Å². The number of aryl methyl sites for hydroxylation is 1. The molecule has 1 atom stereocenters. The van der Waals surface area contributed by atoms with Crippen molar-refractivity contribution in [1.29, 1.82) is 0 Å². The molecule has 4 heteroatoms. The van der Waals surface area contributed by atoms with Gasteiger partial charge >= 0.3 is 0 Å². The van der Waals surface area contributed by atoms with Gasteiger partial charge in [-0.15, -0.1) is 0 Å². The molecule has 21 heavy (non-hydrogen) atoms. The Morgan fingerprint density at radius 1 is 1.10 bits per heavy atom. The lowest BCUT2D eigenvalue weighted by atomic mass is 10.1. The molecule has 1 heterocycles. The number of benzene rings is 1. The summed E-state index contributed by atoms with van der Waals surface area (Å²) in [6, 6.07) is 10.5. The molecule has 0 saturated carbocycles. The Balaban J connectivity index is 2.05. The first-order chi connectivity index (χ1) is 10.1. The molecule has 2 aromatic rings. The molecular weight excluding hydrogens is 262 g/mol. The van der Waals surface area contributed by atoms with E-state index in [9.17, 15) is 0 Å². The fraction of sp³-hybridized carbons (Fsp3) is 0.412. The van der Waals surface area contributed by atoms with Gasteiger partial charge in [-0.25, -0.2) is 4.98 Å². The molecule has 0 amide bonds. The van der Waals surface area contributed by atoms with E-state index in [1.807, 2.05) is 13.8 Å². The van der Waals surface area contributed by atoms with Gasteiger partial charge in [0.15, 0.2) is 0 Å². The third kappa shape index (κ3) is 4.45. The van der Waals surface area contributed by atoms with Gasteiger partial charge in [0, 0.05) is 12.3 Å². The number of aromatic nitrogens is 2. The molecule has 1 unspecified atom stereocenters. The minimum Gasteiger partial charge on any atom is -0.475 e. The Bertz CT molecular complexity index is 567. The molecule has 4 nitrogen and oxygen atoms in total. The second kappa shape index (κ2) is 7.07. The number of nitrogens with zero attached hydrogens (tertiary/aromatic N) is 2. The standard InChI is InChI=1S/C17H23N3O/c1-5-14-6-8-15(9-7-14)13(4)19-17-18-11-10-16(20-17)21-12(2)3/h6-13H,5H2,1-4H3,(H,18,19,20). The summed E-state index contributed by atoms with van der Waals surface area (Å²) in [7, 11) is 0. The minimum atomic E-state index is 0.103. The zero-order valence-corrected chi connectivity index (χ0v) is 13.1. The number of rotatable bonds is 6. The summed E-state index contributed by atoms with van der Waals surface area (Å²) >= 11 is 0. The highest BCUT2D eigenvalue weighted by Crippen LogP contribution is 2.19. The summed E-state index contributed by atoms with van der Waals surface area (Å²) in [5.41, 5.74) is 2.56. The van der Waals surface area contributed by atoms with Crippen LogP contribution in [0.3, 0.4) is 0 Å². The molecule has 0 fully saturated rings. The zero-order valence-electron chi connectivity index (χ0n) is 13.1. The van der Waals surface area contributed by atoms with E-state index in [0.29, 0.717) is 11.8 Å². The summed E-state index contributed by atoms with van der Waals surface area (Å²) in [5.74, 6) is 1.18. The van der Waals surface area contributed by atoms with E-state index in [0.717, 1.165) is 6.42 Å². The molecule has 0 aliphatic rings. The molecule has 0 aliphatic carbocycles. The van der Waals surface area contributed by atoms with Crippen molar-refractivity contribution in [2.45, 2.75) is 46.3 Å². The Labute approximate surface area is 126 Å². The Morgan fingerprint density at radius 3 is 2.43 bits per heavy atom. The first-order valence-corrected chi connectivity index (χ1v) is 7.43. The van der Waals surface area contributed by atoms with Crippen LogP contribution in [0.5, 0.6) is 5.88 Å². The van der Waals surface area contributed by atoms with E-state index in [1.165, 1.54) is 11.1 Å². The average Bonchev–Trinajstić information content (AvgIpc) is 2.47. The molecular formula is C17H23N3O. The minimum absolute atomic E-state index is 0.103. The van der Waals surface area contributed by atoms with E-state index in [-0.39, 0.29) is 12.1 Å². The lowest BCUT2D eigenvalue weighted by Gasteiger charge is -2.15. The highest BCUT2D eigenvalue weighted by molar-refractivity contribution is 5.34. The highest BCUT2D eigenvalue weighted by atomic mass is 16.5. The quantitative estimate of drug-likeness (QED) is 0.871. The van der Waals surface area contributed by atoms with Crippen molar-refractivity contribution in [3.05, 3.63) is 47.7 Å². The third-order valence-electron chi connectivity index (χ3n) is 3.22. The lowest BCUT2D eigenvalue weighted by Crippen LogP contribution is -2.11. The summed E-state index contributed by atoms with van der Waals surface area (Å²) in [6.45, 7) is 8.21. The van der Waals surface area contributed by atoms with Crippen molar-refractivity contribution in [3.63, 3.8) is 0 Å². The van der Waals surface area contributed by atoms with Gasteiger partial charge in [-0.2, -0.15) is 4.98 Å². The van der Waals surface area contributed by atoms with E-state index >= 15 is 0 Å². The van der Waals surface area contributed by atoms with Crippen LogP contribution in [0.15, 0.2) is 36.5 Å². The SMILES string of the molecule is CCc1ccc(C(C)Nc2nccc(OC(C)C)n2)cc1. The van der Waals surface area contributed by atoms with Crippen LogP contribution in [0.2, 0.25) is 0 Å². The molecule has 112 valence electrons. The van der Waals surface area contributed by atoms with Crippen LogP contribution in [0.4, 0.5) is 5.95 Å². The summed E-state index contributed by atoms with van der Waals surface area (Å²) in [5, 5.41) is 3.31. The van der Waals surface area contributed by atoms with Crippen molar-refractivity contribution in [1.82, 2.24) is 9.97 Å². The Hall–Kier alpha value is -2.10. The topological polar surface area (TPSA) is 47.0 Å². The van der Waals surface area contributed by atoms with Crippen molar-refractivity contribution >= 4 is 5.95 Å². The Kier molecular flexibility index (Phi) is 5.14. The normalized spacial score (nSPS) is 12.2. The van der Waals surface area contributed by atoms with Crippen LogP contribution in [0.1, 0.15) is 44.9 Å². The number of ether oxygens (including phenoxy) is 1. The van der Waals surface area contributed by atoms with Gasteiger partial charge in [0.1, 0.15) is 0 Å². The van der Waals surface area contributed by atoms with Gasteiger partial charge in [-0.05, 0) is 38.3 Å². The van der Waals surface area contributed by atoms with Crippen LogP contribution in [-0.4, -0.2) is 16.1 Å². The fourth-order valence-electron chi connectivity index (χ4n) is 2.04. The molecule has 0 spiro atoms. The fourth-order valence-corrected chi connectivity index (χ4v) is 2.04. The van der Waals surface area contributed by atoms with E-state index in [4.69, 9.17) is 4.74 Å². The van der Waals surface area contributed by atoms with Crippen LogP contribution in [-0.2, 0) is 6.42 Å². The Morgan fingerprint density at radius 2 is 1.81 bits per heavy atom. The number of nitrogens with one attached hydrogen (secondary N) is 1. The number of anilines is 1. The maximum absolute atomic E-state index is 5.58. The first-order valence-electron chi connectivity index (χ1n) is 7.43. The second-order valence-electron chi connectivity index (χ2n) is 5.35. The molecule has 0 bridgehead atoms. The van der Waals surface area contributed by atoms with E-state index in [1.54, 1.807) is 12.3 Å². The molecule has 2 rings (SSSR count). The van der Waals surface area contributed by atoms with Crippen molar-refractivity contribution in [3.8, 4) is 5.88 Å². The molecule has 0 aliphatic heterocycles. The van der Waals surface area contributed by atoms with Gasteiger partial charge in [0.2, 0.25) is 11.8 Å². The second-order valence-corrected chi connectivity index (χ2v) is 5.35. The number of hydrogen-bond donors (Lipinski definition) is 1. The van der Waals surface area contributed by atoms with Gasteiger partial charge in [0.25, 0.3) is 0 Å². The highest BCUT2D eigenvalue weighted by Gasteiger charge is 2.08. The monoisotopic (exact) mass is 285 g/mol. The van der Waals surface area contributed by atoms with Crippen molar-refractivity contribution in [2.75, 3.05) is 5.32 Å². The number of hydrogen-bond acceptors (Lipinski definition) is 4. The van der Waals surface area contributed by atoms with Crippen molar-refractivity contribution < 1.29 is 4.74 Å². The molecule has 1 aromatic heterocycles. The zero-order chi connectivity index (χ0) is 15.2. The maximum Gasteiger partial charge on any atom is 0.226 e. The van der Waals surface area contributed by atoms with Crippen LogP contribution < -0.4 is 10.1 Å². The smallest absolute Gasteiger partial charge is 0.226 e. The molecule has 1 N–H and O–H groups in total. The summed E-state index contributed by atoms with van der Waals surface area (Å²) < 4.78 is 5.58. The predicted molar refractivity (Wildman–Crippen MR) is 85.7 cm³/mol. The average molecular weight is 285 g/mol. The van der Waals surface area contributed by atoms with Gasteiger partial charge in [0.05, 0.1) is 12.1 Å².